The maximum atomic E-state index is 12.6. The van der Waals surface area contributed by atoms with Crippen LogP contribution in [0.25, 0.3) is 16.7 Å². The van der Waals surface area contributed by atoms with E-state index >= 15 is 0 Å². The predicted octanol–water partition coefficient (Wildman–Crippen LogP) is 0.644. The summed E-state index contributed by atoms with van der Waals surface area (Å²) in [5, 5.41) is 4.20. The molecule has 1 saturated heterocycles. The number of rotatable bonds is 8. The third kappa shape index (κ3) is 4.98. The van der Waals surface area contributed by atoms with Gasteiger partial charge in [0, 0.05) is 36.4 Å². The van der Waals surface area contributed by atoms with Crippen LogP contribution >= 0.6 is 0 Å². The summed E-state index contributed by atoms with van der Waals surface area (Å²) in [6, 6.07) is 9.80. The summed E-state index contributed by atoms with van der Waals surface area (Å²) < 4.78 is 7.47. The van der Waals surface area contributed by atoms with E-state index in [9.17, 15) is 4.79 Å². The minimum absolute atomic E-state index is 0.00521. The van der Waals surface area contributed by atoms with Crippen LogP contribution in [0.3, 0.4) is 0 Å². The Kier molecular flexibility index (Phi) is 6.54. The summed E-state index contributed by atoms with van der Waals surface area (Å²) in [6.45, 7) is 4.10. The summed E-state index contributed by atoms with van der Waals surface area (Å²) >= 11 is 0. The van der Waals surface area contributed by atoms with Gasteiger partial charge >= 0.3 is 5.69 Å². The highest BCUT2D eigenvalue weighted by molar-refractivity contribution is 5.76. The molecule has 10 nitrogen and oxygen atoms in total. The Hall–Kier alpha value is -3.21. The number of nitrogens with one attached hydrogen (secondary N) is 2. The van der Waals surface area contributed by atoms with E-state index in [1.54, 1.807) is 10.8 Å². The van der Waals surface area contributed by atoms with E-state index in [1.807, 2.05) is 37.3 Å². The lowest BCUT2D eigenvalue weighted by molar-refractivity contribution is 0.0503. The molecular weight excluding hydrogens is 408 g/mol. The van der Waals surface area contributed by atoms with E-state index < -0.39 is 0 Å². The normalized spacial score (nSPS) is 20.6. The van der Waals surface area contributed by atoms with Crippen LogP contribution in [0, 0.1) is 0 Å². The second-order valence-corrected chi connectivity index (χ2v) is 8.15. The molecule has 1 aliphatic rings. The molecule has 3 heterocycles. The van der Waals surface area contributed by atoms with Crippen LogP contribution in [0.4, 0.5) is 0 Å². The minimum atomic E-state index is -0.339. The number of aromatic amines is 1. The largest absolute Gasteiger partial charge is 0.370 e. The molecule has 3 aromatic rings. The number of guanidine groups is 1. The van der Waals surface area contributed by atoms with Crippen molar-refractivity contribution in [2.24, 2.45) is 22.2 Å². The third-order valence-electron chi connectivity index (χ3n) is 5.69. The maximum Gasteiger partial charge on any atom is 0.354 e. The van der Waals surface area contributed by atoms with Gasteiger partial charge in [-0.1, -0.05) is 12.1 Å². The van der Waals surface area contributed by atoms with Crippen molar-refractivity contribution in [1.82, 2.24) is 19.9 Å². The molecule has 1 fully saturated rings. The van der Waals surface area contributed by atoms with Gasteiger partial charge < -0.3 is 32.2 Å². The molecule has 0 radical (unpaired) electrons. The van der Waals surface area contributed by atoms with Gasteiger partial charge in [0.1, 0.15) is 5.65 Å². The van der Waals surface area contributed by atoms with Crippen molar-refractivity contribution in [3.63, 3.8) is 0 Å². The first-order valence-corrected chi connectivity index (χ1v) is 10.8. The first kappa shape index (κ1) is 22.0. The first-order valence-electron chi connectivity index (χ1n) is 10.8. The van der Waals surface area contributed by atoms with Crippen LogP contribution in [-0.2, 0) is 11.3 Å². The number of aromatic nitrogens is 3. The lowest BCUT2D eigenvalue weighted by atomic mass is 10.1. The Morgan fingerprint density at radius 3 is 2.81 bits per heavy atom. The summed E-state index contributed by atoms with van der Waals surface area (Å²) in [4.78, 5) is 24.0. The SMILES string of the molecule is C[C@H]1O[C@@H](c2cc3cn(-c4ccc(CNCCCN=C(N)N)cc4)c(=O)nc3[nH]2)C[C@H]1N. The van der Waals surface area contributed by atoms with Gasteiger partial charge in [-0.3, -0.25) is 9.56 Å². The molecule has 10 heteroatoms. The topological polar surface area (TPSA) is 162 Å². The quantitative estimate of drug-likeness (QED) is 0.196. The zero-order valence-corrected chi connectivity index (χ0v) is 18.1. The van der Waals surface area contributed by atoms with Crippen LogP contribution in [-0.4, -0.2) is 45.7 Å². The Bertz CT molecular complexity index is 1140. The number of hydrogen-bond acceptors (Lipinski definition) is 6. The molecule has 0 spiro atoms. The fourth-order valence-electron chi connectivity index (χ4n) is 3.85. The van der Waals surface area contributed by atoms with Crippen molar-refractivity contribution in [3.05, 3.63) is 58.3 Å². The highest BCUT2D eigenvalue weighted by Gasteiger charge is 2.31. The zero-order chi connectivity index (χ0) is 22.7. The second-order valence-electron chi connectivity index (χ2n) is 8.15. The average molecular weight is 439 g/mol. The summed E-state index contributed by atoms with van der Waals surface area (Å²) in [5.74, 6) is 0.116. The number of hydrogen-bond donors (Lipinski definition) is 5. The van der Waals surface area contributed by atoms with Gasteiger partial charge in [0.2, 0.25) is 0 Å². The number of aliphatic imine (C=N–C) groups is 1. The van der Waals surface area contributed by atoms with Crippen LogP contribution in [0.15, 0.2) is 46.3 Å². The van der Waals surface area contributed by atoms with Crippen molar-refractivity contribution >= 4 is 17.0 Å². The first-order chi connectivity index (χ1) is 15.4. The number of H-pyrrole nitrogens is 1. The van der Waals surface area contributed by atoms with Crippen molar-refractivity contribution in [2.75, 3.05) is 13.1 Å². The molecular formula is C22H30N8O2. The average Bonchev–Trinajstić information content (AvgIpc) is 3.32. The number of benzene rings is 1. The van der Waals surface area contributed by atoms with Gasteiger partial charge in [0.15, 0.2) is 5.96 Å². The standard InChI is InChI=1S/C22H30N8O2/c1-13-17(23)10-19(32-13)18-9-15-12-30(22(31)29-20(15)28-18)16-5-3-14(4-6-16)11-26-7-2-8-27-21(24)25/h3-6,9,12-13,17,19,26H,2,7-8,10-11,23H2,1H3,(H4,24,25,27)(H,28,29,31)/t13-,17-,19-/m1/s1. The molecule has 0 aliphatic carbocycles. The highest BCUT2D eigenvalue weighted by Crippen LogP contribution is 2.32. The number of ether oxygens (including phenoxy) is 1. The lowest BCUT2D eigenvalue weighted by Crippen LogP contribution is -2.26. The Morgan fingerprint density at radius 1 is 1.34 bits per heavy atom. The fraction of sp³-hybridized carbons (Fsp3) is 0.409. The molecule has 4 rings (SSSR count). The molecule has 1 aromatic carbocycles. The molecule has 2 aromatic heterocycles. The maximum absolute atomic E-state index is 12.6. The summed E-state index contributed by atoms with van der Waals surface area (Å²) in [7, 11) is 0. The Balaban J connectivity index is 1.43. The lowest BCUT2D eigenvalue weighted by Gasteiger charge is -2.08. The van der Waals surface area contributed by atoms with Crippen LogP contribution < -0.4 is 28.2 Å². The second kappa shape index (κ2) is 9.51. The van der Waals surface area contributed by atoms with Crippen molar-refractivity contribution in [2.45, 2.75) is 44.6 Å². The third-order valence-corrected chi connectivity index (χ3v) is 5.69. The van der Waals surface area contributed by atoms with Crippen molar-refractivity contribution in [1.29, 1.82) is 0 Å². The molecule has 0 bridgehead atoms. The molecule has 0 amide bonds. The number of fused-ring (bicyclic) bond motifs is 1. The van der Waals surface area contributed by atoms with E-state index in [-0.39, 0.29) is 29.9 Å². The summed E-state index contributed by atoms with van der Waals surface area (Å²) in [5.41, 5.74) is 19.7. The Labute approximate surface area is 185 Å². The van der Waals surface area contributed by atoms with Crippen molar-refractivity contribution < 1.29 is 4.74 Å². The molecule has 32 heavy (non-hydrogen) atoms. The van der Waals surface area contributed by atoms with Crippen LogP contribution in [0.2, 0.25) is 0 Å². The molecule has 8 N–H and O–H groups in total. The zero-order valence-electron chi connectivity index (χ0n) is 18.1. The highest BCUT2D eigenvalue weighted by atomic mass is 16.5. The molecule has 0 unspecified atom stereocenters. The molecule has 3 atom stereocenters. The minimum Gasteiger partial charge on any atom is -0.370 e. The molecule has 1 aliphatic heterocycles. The van der Waals surface area contributed by atoms with E-state index in [0.29, 0.717) is 12.2 Å². The monoisotopic (exact) mass is 438 g/mol. The van der Waals surface area contributed by atoms with Gasteiger partial charge in [-0.15, -0.1) is 0 Å². The van der Waals surface area contributed by atoms with E-state index in [0.717, 1.165) is 48.3 Å². The molecule has 0 saturated carbocycles. The van der Waals surface area contributed by atoms with Gasteiger partial charge in [-0.25, -0.2) is 4.79 Å². The van der Waals surface area contributed by atoms with Gasteiger partial charge in [-0.05, 0) is 50.1 Å². The van der Waals surface area contributed by atoms with E-state index in [2.05, 4.69) is 20.3 Å². The number of nitrogens with two attached hydrogens (primary N) is 3. The van der Waals surface area contributed by atoms with E-state index in [4.69, 9.17) is 21.9 Å². The number of nitrogens with zero attached hydrogens (tertiary/aromatic N) is 3. The predicted molar refractivity (Wildman–Crippen MR) is 125 cm³/mol. The van der Waals surface area contributed by atoms with Gasteiger partial charge in [-0.2, -0.15) is 4.98 Å². The van der Waals surface area contributed by atoms with Crippen molar-refractivity contribution in [3.8, 4) is 5.69 Å². The Morgan fingerprint density at radius 2 is 2.12 bits per heavy atom. The van der Waals surface area contributed by atoms with E-state index in [1.165, 1.54) is 0 Å². The van der Waals surface area contributed by atoms with Crippen LogP contribution in [0.5, 0.6) is 0 Å². The fourth-order valence-corrected chi connectivity index (χ4v) is 3.85. The summed E-state index contributed by atoms with van der Waals surface area (Å²) in [6.07, 6.45) is 3.29. The van der Waals surface area contributed by atoms with Gasteiger partial charge in [0.25, 0.3) is 0 Å². The van der Waals surface area contributed by atoms with Gasteiger partial charge in [0.05, 0.1) is 17.9 Å². The molecule has 170 valence electrons. The van der Waals surface area contributed by atoms with Crippen LogP contribution in [0.1, 0.15) is 37.1 Å². The smallest absolute Gasteiger partial charge is 0.354 e.